The molecule has 25 heavy (non-hydrogen) atoms. The minimum absolute atomic E-state index is 0.100. The van der Waals surface area contributed by atoms with Crippen LogP contribution in [0.25, 0.3) is 0 Å². The van der Waals surface area contributed by atoms with Crippen LogP contribution < -0.4 is 0 Å². The van der Waals surface area contributed by atoms with Crippen molar-refractivity contribution in [2.75, 3.05) is 13.2 Å². The van der Waals surface area contributed by atoms with Crippen molar-refractivity contribution >= 4 is 15.5 Å². The lowest BCUT2D eigenvalue weighted by Crippen LogP contribution is -2.36. The molecule has 2 atom stereocenters. The topological polar surface area (TPSA) is 55.7 Å². The summed E-state index contributed by atoms with van der Waals surface area (Å²) < 4.78 is 69.4. The molecule has 2 unspecified atom stereocenters. The van der Waals surface area contributed by atoms with Gasteiger partial charge in [-0.2, -0.15) is 13.2 Å². The first kappa shape index (κ1) is 18.1. The van der Waals surface area contributed by atoms with E-state index < -0.39 is 33.1 Å². The number of nitrogens with zero attached hydrogens (tertiary/aromatic N) is 1. The van der Waals surface area contributed by atoms with Crippen LogP contribution in [0.5, 0.6) is 0 Å². The van der Waals surface area contributed by atoms with Gasteiger partial charge >= 0.3 is 6.18 Å². The molecule has 0 amide bonds. The Morgan fingerprint density at radius 1 is 1.28 bits per heavy atom. The average molecular weight is 373 g/mol. The van der Waals surface area contributed by atoms with E-state index in [1.807, 2.05) is 13.0 Å². The SMILES string of the molecule is Cc1cccc(S(=O)(=O)C2CCOC(C3=CC(C(F)(F)F)=NC3)C2)c1. The summed E-state index contributed by atoms with van der Waals surface area (Å²) in [4.78, 5) is 3.73. The minimum atomic E-state index is -4.50. The van der Waals surface area contributed by atoms with Gasteiger partial charge in [0.2, 0.25) is 0 Å². The maximum Gasteiger partial charge on any atom is 0.432 e. The molecule has 136 valence electrons. The third-order valence-electron chi connectivity index (χ3n) is 4.45. The van der Waals surface area contributed by atoms with Crippen LogP contribution in [0.15, 0.2) is 45.8 Å². The van der Waals surface area contributed by atoms with E-state index in [-0.39, 0.29) is 24.5 Å². The predicted octanol–water partition coefficient (Wildman–Crippen LogP) is 3.26. The number of aliphatic imine (C=N–C) groups is 1. The molecule has 2 heterocycles. The highest BCUT2D eigenvalue weighted by Crippen LogP contribution is 2.32. The lowest BCUT2D eigenvalue weighted by molar-refractivity contribution is -0.0576. The van der Waals surface area contributed by atoms with Gasteiger partial charge in [0, 0.05) is 6.61 Å². The van der Waals surface area contributed by atoms with E-state index in [0.29, 0.717) is 12.0 Å². The smallest absolute Gasteiger partial charge is 0.374 e. The number of rotatable bonds is 3. The molecule has 0 aliphatic carbocycles. The Morgan fingerprint density at radius 3 is 2.68 bits per heavy atom. The van der Waals surface area contributed by atoms with Gasteiger partial charge in [-0.1, -0.05) is 12.1 Å². The highest BCUT2D eigenvalue weighted by Gasteiger charge is 2.40. The molecule has 1 aromatic rings. The van der Waals surface area contributed by atoms with Crippen LogP contribution in [0.3, 0.4) is 0 Å². The first-order chi connectivity index (χ1) is 11.7. The quantitative estimate of drug-likeness (QED) is 0.817. The molecule has 1 aromatic carbocycles. The Labute approximate surface area is 144 Å². The second-order valence-corrected chi connectivity index (χ2v) is 8.51. The number of ether oxygens (including phenoxy) is 1. The normalized spacial score (nSPS) is 24.8. The molecule has 0 saturated carbocycles. The Morgan fingerprint density at radius 2 is 2.04 bits per heavy atom. The van der Waals surface area contributed by atoms with Gasteiger partial charge in [0.1, 0.15) is 5.71 Å². The van der Waals surface area contributed by atoms with E-state index in [1.165, 1.54) is 0 Å². The van der Waals surface area contributed by atoms with Crippen molar-refractivity contribution < 1.29 is 26.3 Å². The van der Waals surface area contributed by atoms with Crippen molar-refractivity contribution in [2.24, 2.45) is 4.99 Å². The molecule has 0 aromatic heterocycles. The molecule has 2 aliphatic rings. The number of alkyl halides is 3. The number of benzene rings is 1. The number of sulfone groups is 1. The van der Waals surface area contributed by atoms with Crippen molar-refractivity contribution in [2.45, 2.75) is 42.2 Å². The van der Waals surface area contributed by atoms with Crippen molar-refractivity contribution in [3.05, 3.63) is 41.5 Å². The summed E-state index contributed by atoms with van der Waals surface area (Å²) in [6.45, 7) is 1.90. The molecule has 1 saturated heterocycles. The van der Waals surface area contributed by atoms with Crippen LogP contribution in [0.2, 0.25) is 0 Å². The standard InChI is InChI=1S/C17H18F3NO3S/c1-11-3-2-4-13(7-11)25(22,23)14-5-6-24-15(9-14)12-8-16(21-10-12)17(18,19)20/h2-4,7-8,14-15H,5-6,9-10H2,1H3. The van der Waals surface area contributed by atoms with Gasteiger partial charge in [-0.3, -0.25) is 4.99 Å². The monoisotopic (exact) mass is 373 g/mol. The van der Waals surface area contributed by atoms with E-state index in [2.05, 4.69) is 4.99 Å². The lowest BCUT2D eigenvalue weighted by atomic mass is 10.0. The zero-order valence-corrected chi connectivity index (χ0v) is 14.4. The summed E-state index contributed by atoms with van der Waals surface area (Å²) in [6, 6.07) is 6.65. The van der Waals surface area contributed by atoms with Crippen molar-refractivity contribution in [3.8, 4) is 0 Å². The second-order valence-electron chi connectivity index (χ2n) is 6.29. The molecule has 0 radical (unpaired) electrons. The van der Waals surface area contributed by atoms with Crippen LogP contribution in [-0.4, -0.2) is 44.8 Å². The van der Waals surface area contributed by atoms with Crippen molar-refractivity contribution in [1.29, 1.82) is 0 Å². The van der Waals surface area contributed by atoms with Gasteiger partial charge in [-0.25, -0.2) is 8.42 Å². The molecule has 2 aliphatic heterocycles. The van der Waals surface area contributed by atoms with E-state index in [4.69, 9.17) is 4.74 Å². The van der Waals surface area contributed by atoms with Crippen LogP contribution in [0, 0.1) is 6.92 Å². The molecule has 4 nitrogen and oxygen atoms in total. The van der Waals surface area contributed by atoms with E-state index in [9.17, 15) is 21.6 Å². The van der Waals surface area contributed by atoms with Gasteiger partial charge < -0.3 is 4.74 Å². The van der Waals surface area contributed by atoms with Crippen molar-refractivity contribution in [3.63, 3.8) is 0 Å². The average Bonchev–Trinajstić information content (AvgIpc) is 3.05. The van der Waals surface area contributed by atoms with Crippen LogP contribution in [0.1, 0.15) is 18.4 Å². The predicted molar refractivity (Wildman–Crippen MR) is 87.6 cm³/mol. The summed E-state index contributed by atoms with van der Waals surface area (Å²) in [5, 5.41) is -0.677. The van der Waals surface area contributed by atoms with Gasteiger partial charge in [0.15, 0.2) is 9.84 Å². The van der Waals surface area contributed by atoms with Gasteiger partial charge in [-0.15, -0.1) is 0 Å². The Kier molecular flexibility index (Phi) is 4.76. The molecule has 8 heteroatoms. The first-order valence-electron chi connectivity index (χ1n) is 7.92. The van der Waals surface area contributed by atoms with E-state index in [1.54, 1.807) is 18.2 Å². The van der Waals surface area contributed by atoms with Gasteiger partial charge in [0.25, 0.3) is 0 Å². The maximum absolute atomic E-state index is 12.8. The Hall–Kier alpha value is -1.67. The number of hydrogen-bond donors (Lipinski definition) is 0. The van der Waals surface area contributed by atoms with Crippen LogP contribution in [0.4, 0.5) is 13.2 Å². The highest BCUT2D eigenvalue weighted by atomic mass is 32.2. The number of halogens is 3. The Bertz CT molecular complexity index is 828. The summed E-state index contributed by atoms with van der Waals surface area (Å²) >= 11 is 0. The molecule has 0 N–H and O–H groups in total. The number of aryl methyl sites for hydroxylation is 1. The zero-order valence-electron chi connectivity index (χ0n) is 13.6. The largest absolute Gasteiger partial charge is 0.432 e. The third kappa shape index (κ3) is 3.79. The molecule has 1 fully saturated rings. The molecular formula is C17H18F3NO3S. The van der Waals surface area contributed by atoms with E-state index >= 15 is 0 Å². The summed E-state index contributed by atoms with van der Waals surface area (Å²) in [5.41, 5.74) is 0.289. The summed E-state index contributed by atoms with van der Waals surface area (Å²) in [6.07, 6.45) is -3.70. The number of hydrogen-bond acceptors (Lipinski definition) is 4. The fraction of sp³-hybridized carbons (Fsp3) is 0.471. The van der Waals surface area contributed by atoms with Crippen molar-refractivity contribution in [1.82, 2.24) is 0 Å². The summed E-state index contributed by atoms with van der Waals surface area (Å²) in [7, 11) is -3.56. The van der Waals surface area contributed by atoms with Gasteiger partial charge in [0.05, 0.1) is 22.8 Å². The highest BCUT2D eigenvalue weighted by molar-refractivity contribution is 7.92. The zero-order chi connectivity index (χ0) is 18.2. The minimum Gasteiger partial charge on any atom is -0.374 e. The van der Waals surface area contributed by atoms with E-state index in [0.717, 1.165) is 11.6 Å². The molecule has 3 rings (SSSR count). The maximum atomic E-state index is 12.8. The Balaban J connectivity index is 1.78. The fourth-order valence-corrected chi connectivity index (χ4v) is 4.94. The number of allylic oxidation sites excluding steroid dienone is 1. The van der Waals surface area contributed by atoms with Crippen LogP contribution >= 0.6 is 0 Å². The third-order valence-corrected chi connectivity index (χ3v) is 6.67. The second kappa shape index (κ2) is 6.57. The molecule has 0 bridgehead atoms. The molecule has 0 spiro atoms. The fourth-order valence-electron chi connectivity index (χ4n) is 3.10. The summed E-state index contributed by atoms with van der Waals surface area (Å²) in [5.74, 6) is 0. The van der Waals surface area contributed by atoms with Gasteiger partial charge in [-0.05, 0) is 49.1 Å². The lowest BCUT2D eigenvalue weighted by Gasteiger charge is -2.30. The van der Waals surface area contributed by atoms with Crippen LogP contribution in [-0.2, 0) is 14.6 Å². The molecular weight excluding hydrogens is 355 g/mol. The first-order valence-corrected chi connectivity index (χ1v) is 9.47.